The molecule has 4 aromatic rings. The van der Waals surface area contributed by atoms with Crippen molar-refractivity contribution in [2.75, 3.05) is 18.5 Å². The molecule has 29 heavy (non-hydrogen) atoms. The molecule has 0 aliphatic carbocycles. The second-order valence-corrected chi connectivity index (χ2v) is 7.73. The fourth-order valence-electron chi connectivity index (χ4n) is 4.20. The molecule has 1 fully saturated rings. The first kappa shape index (κ1) is 17.8. The van der Waals surface area contributed by atoms with Gasteiger partial charge in [0.2, 0.25) is 0 Å². The van der Waals surface area contributed by atoms with E-state index in [1.165, 1.54) is 0 Å². The lowest BCUT2D eigenvalue weighted by Gasteiger charge is -2.35. The average Bonchev–Trinajstić information content (AvgIpc) is 3.45. The van der Waals surface area contributed by atoms with Gasteiger partial charge >= 0.3 is 0 Å². The Bertz CT molecular complexity index is 1100. The standard InChI is InChI=1S/C21H24N8/c1-13-9-15(7-8-22-13)29(2)20-6-5-19(26-27-20)17-4-3-16(14-10-23-24-11-14)18-12-25-28-21(17)18/h3-6,10-13,15,22H,7-9H2,1-2H3,(H,23,24)(H,25,28)/t13-,15-/m1/s1. The predicted molar refractivity (Wildman–Crippen MR) is 114 cm³/mol. The summed E-state index contributed by atoms with van der Waals surface area (Å²) in [7, 11) is 2.11. The number of rotatable bonds is 4. The van der Waals surface area contributed by atoms with E-state index in [1.807, 2.05) is 24.7 Å². The Kier molecular flexibility index (Phi) is 4.48. The molecule has 148 valence electrons. The van der Waals surface area contributed by atoms with Crippen LogP contribution in [0.2, 0.25) is 0 Å². The van der Waals surface area contributed by atoms with Crippen LogP contribution in [0.15, 0.2) is 42.9 Å². The van der Waals surface area contributed by atoms with Crippen LogP contribution in [0.25, 0.3) is 33.3 Å². The molecule has 1 aliphatic heterocycles. The third-order valence-electron chi connectivity index (χ3n) is 5.86. The van der Waals surface area contributed by atoms with Crippen molar-refractivity contribution in [3.63, 3.8) is 0 Å². The number of fused-ring (bicyclic) bond motifs is 1. The van der Waals surface area contributed by atoms with Gasteiger partial charge in [-0.15, -0.1) is 10.2 Å². The summed E-state index contributed by atoms with van der Waals surface area (Å²) in [5, 5.41) is 27.9. The van der Waals surface area contributed by atoms with E-state index in [-0.39, 0.29) is 0 Å². The molecule has 0 amide bonds. The van der Waals surface area contributed by atoms with E-state index in [4.69, 9.17) is 0 Å². The Morgan fingerprint density at radius 1 is 1.03 bits per heavy atom. The van der Waals surface area contributed by atoms with E-state index in [9.17, 15) is 0 Å². The number of nitrogens with one attached hydrogen (secondary N) is 3. The topological polar surface area (TPSA) is 98.4 Å². The molecule has 1 aromatic carbocycles. The van der Waals surface area contributed by atoms with Crippen molar-refractivity contribution in [2.45, 2.75) is 31.8 Å². The van der Waals surface area contributed by atoms with Crippen LogP contribution in [0.4, 0.5) is 5.82 Å². The van der Waals surface area contributed by atoms with Gasteiger partial charge in [0, 0.05) is 41.8 Å². The molecule has 2 atom stereocenters. The second kappa shape index (κ2) is 7.29. The highest BCUT2D eigenvalue weighted by molar-refractivity contribution is 6.01. The van der Waals surface area contributed by atoms with Crippen LogP contribution < -0.4 is 10.2 Å². The minimum atomic E-state index is 0.486. The van der Waals surface area contributed by atoms with Crippen LogP contribution in [-0.2, 0) is 0 Å². The first-order valence-corrected chi connectivity index (χ1v) is 9.96. The molecule has 0 radical (unpaired) electrons. The average molecular weight is 388 g/mol. The molecule has 5 rings (SSSR count). The zero-order valence-electron chi connectivity index (χ0n) is 16.6. The Morgan fingerprint density at radius 2 is 1.93 bits per heavy atom. The lowest BCUT2D eigenvalue weighted by atomic mass is 9.99. The van der Waals surface area contributed by atoms with Crippen LogP contribution in [0.1, 0.15) is 19.8 Å². The number of nitrogens with zero attached hydrogens (tertiary/aromatic N) is 5. The van der Waals surface area contributed by atoms with Crippen molar-refractivity contribution < 1.29 is 0 Å². The van der Waals surface area contributed by atoms with E-state index >= 15 is 0 Å². The van der Waals surface area contributed by atoms with Gasteiger partial charge in [0.15, 0.2) is 5.82 Å². The van der Waals surface area contributed by atoms with Crippen LogP contribution in [-0.4, -0.2) is 56.3 Å². The maximum atomic E-state index is 4.53. The normalized spacial score (nSPS) is 19.5. The van der Waals surface area contributed by atoms with Crippen molar-refractivity contribution in [1.82, 2.24) is 35.9 Å². The third-order valence-corrected chi connectivity index (χ3v) is 5.86. The van der Waals surface area contributed by atoms with Crippen molar-refractivity contribution in [2.24, 2.45) is 0 Å². The summed E-state index contributed by atoms with van der Waals surface area (Å²) in [4.78, 5) is 2.25. The molecule has 8 heteroatoms. The van der Waals surface area contributed by atoms with Crippen LogP contribution in [0.3, 0.4) is 0 Å². The molecule has 1 aliphatic rings. The quantitative estimate of drug-likeness (QED) is 0.497. The number of piperidine rings is 1. The number of hydrogen-bond donors (Lipinski definition) is 3. The Morgan fingerprint density at radius 3 is 2.69 bits per heavy atom. The van der Waals surface area contributed by atoms with Gasteiger partial charge < -0.3 is 10.2 Å². The SMILES string of the molecule is C[C@@H]1C[C@H](N(C)c2ccc(-c3ccc(-c4cn[nH]c4)c4cn[nH]c34)nn2)CCN1. The van der Waals surface area contributed by atoms with Crippen LogP contribution >= 0.6 is 0 Å². The van der Waals surface area contributed by atoms with Crippen molar-refractivity contribution in [1.29, 1.82) is 0 Å². The van der Waals surface area contributed by atoms with Crippen molar-refractivity contribution in [3.05, 3.63) is 42.9 Å². The Balaban J connectivity index is 1.45. The van der Waals surface area contributed by atoms with Gasteiger partial charge in [0.1, 0.15) is 0 Å². The molecule has 8 nitrogen and oxygen atoms in total. The van der Waals surface area contributed by atoms with Crippen LogP contribution in [0.5, 0.6) is 0 Å². The van der Waals surface area contributed by atoms with Gasteiger partial charge in [0.25, 0.3) is 0 Å². The number of benzene rings is 1. The smallest absolute Gasteiger partial charge is 0.151 e. The maximum absolute atomic E-state index is 4.53. The Labute approximate surface area is 168 Å². The molecule has 0 bridgehead atoms. The van der Waals surface area contributed by atoms with Gasteiger partial charge in [-0.05, 0) is 50.1 Å². The Hall–Kier alpha value is -3.26. The van der Waals surface area contributed by atoms with Gasteiger partial charge in [-0.1, -0.05) is 6.07 Å². The molecule has 3 aromatic heterocycles. The molecule has 1 saturated heterocycles. The van der Waals surface area contributed by atoms with E-state index < -0.39 is 0 Å². The zero-order valence-corrected chi connectivity index (χ0v) is 16.6. The number of H-pyrrole nitrogens is 2. The maximum Gasteiger partial charge on any atom is 0.151 e. The minimum Gasteiger partial charge on any atom is -0.355 e. The molecular weight excluding hydrogens is 364 g/mol. The molecular formula is C21H24N8. The first-order valence-electron chi connectivity index (χ1n) is 9.96. The van der Waals surface area contributed by atoms with Crippen molar-refractivity contribution >= 4 is 16.7 Å². The van der Waals surface area contributed by atoms with Crippen molar-refractivity contribution in [3.8, 4) is 22.4 Å². The minimum absolute atomic E-state index is 0.486. The largest absolute Gasteiger partial charge is 0.355 e. The molecule has 0 saturated carbocycles. The van der Waals surface area contributed by atoms with E-state index in [0.717, 1.165) is 58.5 Å². The van der Waals surface area contributed by atoms with Crippen LogP contribution in [0, 0.1) is 0 Å². The molecule has 3 N–H and O–H groups in total. The zero-order chi connectivity index (χ0) is 19.8. The van der Waals surface area contributed by atoms with E-state index in [0.29, 0.717) is 12.1 Å². The highest BCUT2D eigenvalue weighted by atomic mass is 15.3. The second-order valence-electron chi connectivity index (χ2n) is 7.73. The number of anilines is 1. The number of hydrogen-bond acceptors (Lipinski definition) is 6. The highest BCUT2D eigenvalue weighted by Gasteiger charge is 2.23. The summed E-state index contributed by atoms with van der Waals surface area (Å²) in [6.07, 6.45) is 7.77. The number of aromatic amines is 2. The summed E-state index contributed by atoms with van der Waals surface area (Å²) in [5.41, 5.74) is 4.87. The molecule has 0 spiro atoms. The lowest BCUT2D eigenvalue weighted by Crippen LogP contribution is -2.45. The highest BCUT2D eigenvalue weighted by Crippen LogP contribution is 2.33. The summed E-state index contributed by atoms with van der Waals surface area (Å²) in [6.45, 7) is 3.28. The fraction of sp³-hybridized carbons (Fsp3) is 0.333. The van der Waals surface area contributed by atoms with Gasteiger partial charge in [-0.3, -0.25) is 10.2 Å². The summed E-state index contributed by atoms with van der Waals surface area (Å²) >= 11 is 0. The lowest BCUT2D eigenvalue weighted by molar-refractivity contribution is 0.370. The fourth-order valence-corrected chi connectivity index (χ4v) is 4.20. The molecule has 0 unspecified atom stereocenters. The summed E-state index contributed by atoms with van der Waals surface area (Å²) in [6, 6.07) is 9.25. The van der Waals surface area contributed by atoms with Gasteiger partial charge in [-0.2, -0.15) is 10.2 Å². The molecule has 4 heterocycles. The predicted octanol–water partition coefficient (Wildman–Crippen LogP) is 2.99. The van der Waals surface area contributed by atoms with Gasteiger partial charge in [-0.25, -0.2) is 0 Å². The summed E-state index contributed by atoms with van der Waals surface area (Å²) < 4.78 is 0. The summed E-state index contributed by atoms with van der Waals surface area (Å²) in [5.74, 6) is 0.906. The first-order chi connectivity index (χ1) is 14.2. The van der Waals surface area contributed by atoms with Gasteiger partial charge in [0.05, 0.1) is 23.6 Å². The third kappa shape index (κ3) is 3.25. The monoisotopic (exact) mass is 388 g/mol. The number of aromatic nitrogens is 6. The van der Waals surface area contributed by atoms with E-state index in [2.05, 4.69) is 73.0 Å². The van der Waals surface area contributed by atoms with E-state index in [1.54, 1.807) is 0 Å².